The van der Waals surface area contributed by atoms with Crippen molar-refractivity contribution in [2.75, 3.05) is 11.9 Å². The highest BCUT2D eigenvalue weighted by Gasteiger charge is 2.24. The Morgan fingerprint density at radius 3 is 2.52 bits per heavy atom. The predicted molar refractivity (Wildman–Crippen MR) is 102 cm³/mol. The molecule has 136 valence electrons. The Kier molecular flexibility index (Phi) is 3.92. The highest BCUT2D eigenvalue weighted by atomic mass is 16.2. The summed E-state index contributed by atoms with van der Waals surface area (Å²) in [5.74, 6) is -0.897. The molecule has 0 bridgehead atoms. The molecule has 0 fully saturated rings. The number of amides is 3. The number of benzene rings is 2. The average molecular weight is 362 g/mol. The van der Waals surface area contributed by atoms with Gasteiger partial charge in [0.1, 0.15) is 5.69 Å². The summed E-state index contributed by atoms with van der Waals surface area (Å²) in [7, 11) is 0. The van der Waals surface area contributed by atoms with Crippen molar-refractivity contribution in [1.82, 2.24) is 9.88 Å². The monoisotopic (exact) mass is 362 g/mol. The largest absolute Gasteiger partial charge is 0.366 e. The second kappa shape index (κ2) is 6.28. The van der Waals surface area contributed by atoms with Gasteiger partial charge < -0.3 is 20.9 Å². The minimum atomic E-state index is -0.519. The van der Waals surface area contributed by atoms with Gasteiger partial charge in [-0.3, -0.25) is 14.4 Å². The standard InChI is InChI=1S/C20H18N4O3/c1-11-10-22-20(27)17-8-13-2-3-14(9-16(13)24(11)17)19(26)23-15-6-4-12(5-7-15)18(21)25/h2-9,11H,10H2,1H3,(H2,21,25)(H,22,27)(H,23,26). The normalized spacial score (nSPS) is 15.9. The van der Waals surface area contributed by atoms with Gasteiger partial charge in [-0.1, -0.05) is 6.07 Å². The Bertz CT molecular complexity index is 1080. The van der Waals surface area contributed by atoms with Crippen molar-refractivity contribution >= 4 is 34.3 Å². The average Bonchev–Trinajstić information content (AvgIpc) is 3.05. The van der Waals surface area contributed by atoms with Gasteiger partial charge in [0.2, 0.25) is 5.91 Å². The third-order valence-corrected chi connectivity index (χ3v) is 4.76. The van der Waals surface area contributed by atoms with E-state index >= 15 is 0 Å². The second-order valence-corrected chi connectivity index (χ2v) is 6.63. The lowest BCUT2D eigenvalue weighted by molar-refractivity contribution is 0.0918. The SMILES string of the molecule is CC1CNC(=O)c2cc3ccc(C(=O)Nc4ccc(C(N)=O)cc4)cc3n21. The van der Waals surface area contributed by atoms with E-state index < -0.39 is 5.91 Å². The Hall–Kier alpha value is -3.61. The van der Waals surface area contributed by atoms with Crippen LogP contribution in [0.5, 0.6) is 0 Å². The zero-order valence-electron chi connectivity index (χ0n) is 14.7. The number of hydrogen-bond donors (Lipinski definition) is 3. The van der Waals surface area contributed by atoms with Crippen molar-refractivity contribution in [3.8, 4) is 0 Å². The second-order valence-electron chi connectivity index (χ2n) is 6.63. The predicted octanol–water partition coefficient (Wildman–Crippen LogP) is 2.30. The van der Waals surface area contributed by atoms with E-state index in [2.05, 4.69) is 10.6 Å². The molecule has 2 aromatic carbocycles. The first-order valence-corrected chi connectivity index (χ1v) is 8.58. The van der Waals surface area contributed by atoms with Crippen molar-refractivity contribution < 1.29 is 14.4 Å². The van der Waals surface area contributed by atoms with Gasteiger partial charge in [-0.05, 0) is 49.4 Å². The third kappa shape index (κ3) is 2.93. The lowest BCUT2D eigenvalue weighted by Gasteiger charge is -2.24. The smallest absolute Gasteiger partial charge is 0.268 e. The van der Waals surface area contributed by atoms with Crippen LogP contribution in [0.3, 0.4) is 0 Å². The molecule has 0 spiro atoms. The molecule has 1 aromatic heterocycles. The van der Waals surface area contributed by atoms with Crippen LogP contribution in [0, 0.1) is 0 Å². The summed E-state index contributed by atoms with van der Waals surface area (Å²) in [5, 5.41) is 6.57. The summed E-state index contributed by atoms with van der Waals surface area (Å²) in [6.07, 6.45) is 0. The number of hydrogen-bond acceptors (Lipinski definition) is 3. The molecule has 4 rings (SSSR count). The first-order valence-electron chi connectivity index (χ1n) is 8.58. The van der Waals surface area contributed by atoms with Crippen LogP contribution in [0.1, 0.15) is 44.2 Å². The summed E-state index contributed by atoms with van der Waals surface area (Å²) in [5.41, 5.74) is 8.10. The fourth-order valence-corrected chi connectivity index (χ4v) is 3.36. The summed E-state index contributed by atoms with van der Waals surface area (Å²) < 4.78 is 1.96. The molecule has 7 heteroatoms. The molecule has 1 aliphatic rings. The maximum atomic E-state index is 12.6. The maximum absolute atomic E-state index is 12.6. The van der Waals surface area contributed by atoms with Crippen LogP contribution in [0.4, 0.5) is 5.69 Å². The maximum Gasteiger partial charge on any atom is 0.268 e. The van der Waals surface area contributed by atoms with E-state index in [-0.39, 0.29) is 17.9 Å². The minimum absolute atomic E-state index is 0.106. The Morgan fingerprint density at radius 1 is 1.11 bits per heavy atom. The zero-order chi connectivity index (χ0) is 19.1. The van der Waals surface area contributed by atoms with Gasteiger partial charge in [0.25, 0.3) is 11.8 Å². The van der Waals surface area contributed by atoms with Crippen LogP contribution in [-0.2, 0) is 0 Å². The van der Waals surface area contributed by atoms with E-state index in [0.717, 1.165) is 10.9 Å². The fraction of sp³-hybridized carbons (Fsp3) is 0.150. The number of aromatic nitrogens is 1. The number of carbonyl (C=O) groups excluding carboxylic acids is 3. The Morgan fingerprint density at radius 2 is 1.81 bits per heavy atom. The Balaban J connectivity index is 1.65. The van der Waals surface area contributed by atoms with Gasteiger partial charge >= 0.3 is 0 Å². The molecule has 4 N–H and O–H groups in total. The van der Waals surface area contributed by atoms with Crippen LogP contribution < -0.4 is 16.4 Å². The Labute approximate surface area is 155 Å². The van der Waals surface area contributed by atoms with Crippen molar-refractivity contribution in [1.29, 1.82) is 0 Å². The molecule has 2 heterocycles. The number of nitrogens with two attached hydrogens (primary N) is 1. The van der Waals surface area contributed by atoms with E-state index in [0.29, 0.717) is 29.1 Å². The lowest BCUT2D eigenvalue weighted by Crippen LogP contribution is -2.37. The van der Waals surface area contributed by atoms with Gasteiger partial charge in [0.05, 0.1) is 0 Å². The summed E-state index contributed by atoms with van der Waals surface area (Å²) >= 11 is 0. The summed E-state index contributed by atoms with van der Waals surface area (Å²) in [4.78, 5) is 35.8. The molecule has 27 heavy (non-hydrogen) atoms. The van der Waals surface area contributed by atoms with Crippen LogP contribution in [0.25, 0.3) is 10.9 Å². The number of primary amides is 1. The molecule has 1 atom stereocenters. The van der Waals surface area contributed by atoms with E-state index in [1.807, 2.05) is 23.6 Å². The number of rotatable bonds is 3. The summed E-state index contributed by atoms with van der Waals surface area (Å²) in [6, 6.07) is 13.7. The number of nitrogens with zero attached hydrogens (tertiary/aromatic N) is 1. The van der Waals surface area contributed by atoms with E-state index in [1.54, 1.807) is 36.4 Å². The molecule has 1 unspecified atom stereocenters. The molecular formula is C20H18N4O3. The number of fused-ring (bicyclic) bond motifs is 3. The molecule has 3 amide bonds. The molecule has 0 saturated carbocycles. The van der Waals surface area contributed by atoms with E-state index in [4.69, 9.17) is 5.73 Å². The van der Waals surface area contributed by atoms with E-state index in [9.17, 15) is 14.4 Å². The molecule has 0 radical (unpaired) electrons. The number of carbonyl (C=O) groups is 3. The molecule has 0 aliphatic carbocycles. The van der Waals surface area contributed by atoms with Crippen molar-refractivity contribution in [3.63, 3.8) is 0 Å². The number of nitrogens with one attached hydrogen (secondary N) is 2. The van der Waals surface area contributed by atoms with Crippen molar-refractivity contribution in [2.24, 2.45) is 5.73 Å². The van der Waals surface area contributed by atoms with E-state index in [1.165, 1.54) is 0 Å². The zero-order valence-corrected chi connectivity index (χ0v) is 14.7. The van der Waals surface area contributed by atoms with Gasteiger partial charge in [0.15, 0.2) is 0 Å². The van der Waals surface area contributed by atoms with Crippen molar-refractivity contribution in [2.45, 2.75) is 13.0 Å². The topological polar surface area (TPSA) is 106 Å². The molecular weight excluding hydrogens is 344 g/mol. The molecule has 7 nitrogen and oxygen atoms in total. The van der Waals surface area contributed by atoms with Gasteiger partial charge in [-0.25, -0.2) is 0 Å². The van der Waals surface area contributed by atoms with Gasteiger partial charge in [0, 0.05) is 40.3 Å². The number of anilines is 1. The highest BCUT2D eigenvalue weighted by Crippen LogP contribution is 2.27. The lowest BCUT2D eigenvalue weighted by atomic mass is 10.1. The quantitative estimate of drug-likeness (QED) is 0.665. The summed E-state index contributed by atoms with van der Waals surface area (Å²) in [6.45, 7) is 2.58. The van der Waals surface area contributed by atoms with Crippen LogP contribution in [0.15, 0.2) is 48.5 Å². The molecule has 0 saturated heterocycles. The van der Waals surface area contributed by atoms with Crippen LogP contribution in [0.2, 0.25) is 0 Å². The van der Waals surface area contributed by atoms with Crippen LogP contribution >= 0.6 is 0 Å². The van der Waals surface area contributed by atoms with Gasteiger partial charge in [-0.15, -0.1) is 0 Å². The molecule has 1 aliphatic heterocycles. The van der Waals surface area contributed by atoms with Gasteiger partial charge in [-0.2, -0.15) is 0 Å². The first kappa shape index (κ1) is 16.8. The molecule has 3 aromatic rings. The minimum Gasteiger partial charge on any atom is -0.366 e. The first-order chi connectivity index (χ1) is 12.9. The fourth-order valence-electron chi connectivity index (χ4n) is 3.36. The van der Waals surface area contributed by atoms with Crippen molar-refractivity contribution in [3.05, 3.63) is 65.4 Å². The third-order valence-electron chi connectivity index (χ3n) is 4.76. The highest BCUT2D eigenvalue weighted by molar-refractivity contribution is 6.07. The van der Waals surface area contributed by atoms with Crippen LogP contribution in [-0.4, -0.2) is 28.8 Å².